The van der Waals surface area contributed by atoms with Crippen LogP contribution in [0.15, 0.2) is 76.5 Å². The second-order valence-electron chi connectivity index (χ2n) is 7.69. The number of methoxy groups -OCH3 is 3. The SMILES string of the molecule is COc1cc(C(=O)Oc2c(Sc3ccc(C)cc3)c(C)nn2-c2ccccc2)cc(OC)c1OC. The molecule has 0 aliphatic carbocycles. The highest BCUT2D eigenvalue weighted by atomic mass is 32.2. The lowest BCUT2D eigenvalue weighted by Crippen LogP contribution is -2.13. The molecule has 1 aromatic heterocycles. The molecule has 4 rings (SSSR count). The molecule has 1 heterocycles. The second kappa shape index (κ2) is 10.6. The van der Waals surface area contributed by atoms with E-state index >= 15 is 0 Å². The van der Waals surface area contributed by atoms with Crippen LogP contribution in [0.1, 0.15) is 21.6 Å². The minimum atomic E-state index is -0.577. The number of carbonyl (C=O) groups excluding carboxylic acids is 1. The molecule has 3 aromatic carbocycles. The van der Waals surface area contributed by atoms with Gasteiger partial charge in [-0.25, -0.2) is 4.79 Å². The zero-order valence-electron chi connectivity index (χ0n) is 20.2. The van der Waals surface area contributed by atoms with Crippen LogP contribution < -0.4 is 18.9 Å². The maximum Gasteiger partial charge on any atom is 0.345 e. The molecule has 7 nitrogen and oxygen atoms in total. The normalized spacial score (nSPS) is 10.7. The molecule has 4 aromatic rings. The molecule has 0 aliphatic rings. The van der Waals surface area contributed by atoms with E-state index in [1.165, 1.54) is 38.7 Å². The summed E-state index contributed by atoms with van der Waals surface area (Å²) in [5.74, 6) is 0.874. The molecule has 0 saturated heterocycles. The van der Waals surface area contributed by atoms with Gasteiger partial charge in [-0.2, -0.15) is 9.78 Å². The predicted octanol–water partition coefficient (Wildman–Crippen LogP) is 5.89. The van der Waals surface area contributed by atoms with Crippen LogP contribution in [0.5, 0.6) is 23.1 Å². The number of hydrogen-bond acceptors (Lipinski definition) is 7. The van der Waals surface area contributed by atoms with E-state index in [4.69, 9.17) is 18.9 Å². The van der Waals surface area contributed by atoms with Gasteiger partial charge in [-0.1, -0.05) is 47.7 Å². The molecule has 0 atom stereocenters. The third-order valence-electron chi connectivity index (χ3n) is 5.30. The summed E-state index contributed by atoms with van der Waals surface area (Å²) in [5.41, 5.74) is 2.94. The number of rotatable bonds is 8. The van der Waals surface area contributed by atoms with Crippen molar-refractivity contribution in [3.63, 3.8) is 0 Å². The number of aromatic nitrogens is 2. The Hall–Kier alpha value is -3.91. The summed E-state index contributed by atoms with van der Waals surface area (Å²) in [4.78, 5) is 15.1. The summed E-state index contributed by atoms with van der Waals surface area (Å²) in [7, 11) is 4.50. The zero-order chi connectivity index (χ0) is 24.9. The summed E-state index contributed by atoms with van der Waals surface area (Å²) in [6.45, 7) is 3.93. The molecule has 0 bridgehead atoms. The van der Waals surface area contributed by atoms with Crippen LogP contribution in [0.2, 0.25) is 0 Å². The van der Waals surface area contributed by atoms with Crippen molar-refractivity contribution in [1.29, 1.82) is 0 Å². The van der Waals surface area contributed by atoms with Crippen LogP contribution in [-0.4, -0.2) is 37.1 Å². The van der Waals surface area contributed by atoms with Gasteiger partial charge in [0, 0.05) is 4.90 Å². The fraction of sp³-hybridized carbons (Fsp3) is 0.185. The fourth-order valence-corrected chi connectivity index (χ4v) is 4.42. The number of benzene rings is 3. The van der Waals surface area contributed by atoms with Crippen LogP contribution in [0.3, 0.4) is 0 Å². The summed E-state index contributed by atoms with van der Waals surface area (Å²) in [6, 6.07) is 20.8. The Morgan fingerprint density at radius 3 is 2.06 bits per heavy atom. The summed E-state index contributed by atoms with van der Waals surface area (Å²) in [5, 5.41) is 4.69. The molecular weight excluding hydrogens is 464 g/mol. The van der Waals surface area contributed by atoms with Gasteiger partial charge in [0.25, 0.3) is 0 Å². The molecule has 0 N–H and O–H groups in total. The molecule has 0 radical (unpaired) electrons. The molecule has 0 unspecified atom stereocenters. The van der Waals surface area contributed by atoms with Crippen molar-refractivity contribution in [2.45, 2.75) is 23.6 Å². The van der Waals surface area contributed by atoms with Crippen LogP contribution in [0, 0.1) is 13.8 Å². The molecule has 180 valence electrons. The molecular formula is C27H26N2O5S. The van der Waals surface area contributed by atoms with E-state index in [0.717, 1.165) is 21.2 Å². The lowest BCUT2D eigenvalue weighted by molar-refractivity contribution is 0.0717. The third-order valence-corrected chi connectivity index (χ3v) is 6.48. The van der Waals surface area contributed by atoms with E-state index in [1.807, 2.05) is 68.4 Å². The third kappa shape index (κ3) is 5.12. The van der Waals surface area contributed by atoms with Crippen molar-refractivity contribution in [2.75, 3.05) is 21.3 Å². The highest BCUT2D eigenvalue weighted by Gasteiger charge is 2.24. The molecule has 0 aliphatic heterocycles. The Kier molecular flexibility index (Phi) is 7.31. The van der Waals surface area contributed by atoms with Crippen LogP contribution in [0.4, 0.5) is 0 Å². The van der Waals surface area contributed by atoms with Gasteiger partial charge in [-0.15, -0.1) is 0 Å². The van der Waals surface area contributed by atoms with Crippen LogP contribution in [-0.2, 0) is 0 Å². The van der Waals surface area contributed by atoms with E-state index < -0.39 is 5.97 Å². The van der Waals surface area contributed by atoms with Crippen LogP contribution in [0.25, 0.3) is 5.69 Å². The average Bonchev–Trinajstić information content (AvgIpc) is 3.19. The van der Waals surface area contributed by atoms with Gasteiger partial charge in [0.1, 0.15) is 0 Å². The quantitative estimate of drug-likeness (QED) is 0.285. The molecule has 0 fully saturated rings. The molecule has 0 amide bonds. The van der Waals surface area contributed by atoms with E-state index in [-0.39, 0.29) is 5.56 Å². The van der Waals surface area contributed by atoms with Crippen LogP contribution >= 0.6 is 11.8 Å². The number of carbonyl (C=O) groups is 1. The zero-order valence-corrected chi connectivity index (χ0v) is 21.0. The lowest BCUT2D eigenvalue weighted by Gasteiger charge is -2.14. The van der Waals surface area contributed by atoms with Crippen molar-refractivity contribution in [3.05, 3.63) is 83.6 Å². The largest absolute Gasteiger partial charge is 0.493 e. The number of hydrogen-bond donors (Lipinski definition) is 0. The fourth-order valence-electron chi connectivity index (χ4n) is 3.51. The van der Waals surface area contributed by atoms with E-state index in [0.29, 0.717) is 23.1 Å². The molecule has 8 heteroatoms. The highest BCUT2D eigenvalue weighted by molar-refractivity contribution is 7.99. The Bertz CT molecular complexity index is 1310. The van der Waals surface area contributed by atoms with E-state index in [1.54, 1.807) is 16.8 Å². The molecule has 35 heavy (non-hydrogen) atoms. The van der Waals surface area contributed by atoms with Crippen molar-refractivity contribution in [1.82, 2.24) is 9.78 Å². The Morgan fingerprint density at radius 2 is 1.49 bits per heavy atom. The smallest absolute Gasteiger partial charge is 0.345 e. The number of nitrogens with zero attached hydrogens (tertiary/aromatic N) is 2. The number of esters is 1. The number of ether oxygens (including phenoxy) is 4. The van der Waals surface area contributed by atoms with E-state index in [9.17, 15) is 4.79 Å². The number of para-hydroxylation sites is 1. The minimum Gasteiger partial charge on any atom is -0.493 e. The minimum absolute atomic E-state index is 0.254. The van der Waals surface area contributed by atoms with Gasteiger partial charge >= 0.3 is 5.97 Å². The highest BCUT2D eigenvalue weighted by Crippen LogP contribution is 2.41. The summed E-state index contributed by atoms with van der Waals surface area (Å²) in [6.07, 6.45) is 0. The van der Waals surface area contributed by atoms with Gasteiger partial charge in [0.05, 0.1) is 43.2 Å². The van der Waals surface area contributed by atoms with Gasteiger partial charge in [0.15, 0.2) is 11.5 Å². The summed E-state index contributed by atoms with van der Waals surface area (Å²) >= 11 is 1.49. The number of aryl methyl sites for hydroxylation is 2. The first-order valence-corrected chi connectivity index (χ1v) is 11.7. The monoisotopic (exact) mass is 490 g/mol. The lowest BCUT2D eigenvalue weighted by atomic mass is 10.2. The van der Waals surface area contributed by atoms with Gasteiger partial charge in [-0.3, -0.25) is 0 Å². The molecule has 0 saturated carbocycles. The standard InChI is InChI=1S/C27H26N2O5S/c1-17-11-13-21(14-12-17)35-25-18(2)28-29(20-9-7-6-8-10-20)26(25)34-27(30)19-15-22(31-3)24(33-5)23(16-19)32-4/h6-16H,1-5H3. The maximum absolute atomic E-state index is 13.4. The van der Waals surface area contributed by atoms with Crippen molar-refractivity contribution >= 4 is 17.7 Å². The van der Waals surface area contributed by atoms with Crippen molar-refractivity contribution in [3.8, 4) is 28.8 Å². The first-order valence-electron chi connectivity index (χ1n) is 10.9. The first-order chi connectivity index (χ1) is 16.9. The second-order valence-corrected chi connectivity index (χ2v) is 8.77. The van der Waals surface area contributed by atoms with Crippen molar-refractivity contribution < 1.29 is 23.7 Å². The predicted molar refractivity (Wildman–Crippen MR) is 135 cm³/mol. The van der Waals surface area contributed by atoms with E-state index in [2.05, 4.69) is 5.10 Å². The maximum atomic E-state index is 13.4. The topological polar surface area (TPSA) is 71.8 Å². The Labute approximate surface area is 208 Å². The molecule has 0 spiro atoms. The van der Waals surface area contributed by atoms with Gasteiger partial charge in [0.2, 0.25) is 11.6 Å². The Morgan fingerprint density at radius 1 is 0.857 bits per heavy atom. The first kappa shape index (κ1) is 24.2. The summed E-state index contributed by atoms with van der Waals surface area (Å²) < 4.78 is 23.8. The van der Waals surface area contributed by atoms with Crippen molar-refractivity contribution in [2.24, 2.45) is 0 Å². The van der Waals surface area contributed by atoms with Gasteiger partial charge in [-0.05, 0) is 50.2 Å². The Balaban J connectivity index is 1.78. The van der Waals surface area contributed by atoms with Gasteiger partial charge < -0.3 is 18.9 Å². The average molecular weight is 491 g/mol.